The average molecular weight is 246 g/mol. The van der Waals surface area contributed by atoms with Crippen molar-refractivity contribution in [1.29, 1.82) is 0 Å². The van der Waals surface area contributed by atoms with Gasteiger partial charge in [0.25, 0.3) is 5.56 Å². The Morgan fingerprint density at radius 3 is 3.17 bits per heavy atom. The van der Waals surface area contributed by atoms with Crippen LogP contribution in [0.15, 0.2) is 16.7 Å². The van der Waals surface area contributed by atoms with Gasteiger partial charge in [-0.25, -0.2) is 4.98 Å². The number of nitrogens with one attached hydrogen (secondary N) is 1. The van der Waals surface area contributed by atoms with E-state index >= 15 is 0 Å². The first-order valence-corrected chi connectivity index (χ1v) is 5.43. The number of hydrogen-bond donors (Lipinski definition) is 3. The molecule has 2 aromatic heterocycles. The third-order valence-electron chi connectivity index (χ3n) is 3.13. The molecule has 7 heteroatoms. The maximum Gasteiger partial charge on any atom is 0.280 e. The van der Waals surface area contributed by atoms with Crippen LogP contribution in [0.3, 0.4) is 0 Å². The molecule has 1 atom stereocenters. The van der Waals surface area contributed by atoms with Gasteiger partial charge in [-0.05, 0) is 18.9 Å². The van der Waals surface area contributed by atoms with Crippen molar-refractivity contribution >= 4 is 23.3 Å². The second-order valence-electron chi connectivity index (χ2n) is 4.54. The van der Waals surface area contributed by atoms with Crippen LogP contribution in [0.1, 0.15) is 6.42 Å². The molecule has 0 bridgehead atoms. The predicted octanol–water partition coefficient (Wildman–Crippen LogP) is -0.241. The fraction of sp³-hybridized carbons (Fsp3) is 0.273. The Bertz CT molecular complexity index is 714. The Labute approximate surface area is 102 Å². The second kappa shape index (κ2) is 3.42. The van der Waals surface area contributed by atoms with Gasteiger partial charge in [-0.3, -0.25) is 14.3 Å². The van der Waals surface area contributed by atoms with Gasteiger partial charge in [0.15, 0.2) is 11.2 Å². The minimum Gasteiger partial charge on any atom is -0.395 e. The largest absolute Gasteiger partial charge is 0.395 e. The summed E-state index contributed by atoms with van der Waals surface area (Å²) in [5.41, 5.74) is 6.36. The minimum atomic E-state index is -0.399. The van der Waals surface area contributed by atoms with Gasteiger partial charge in [-0.2, -0.15) is 4.98 Å². The number of nitrogens with two attached hydrogens (primary N) is 1. The first kappa shape index (κ1) is 11.0. The SMILES string of the molecule is [CH2]C1(CO)C/C1=C/n1cnc2c(=O)[nH]c(N)nc21. The molecule has 93 valence electrons. The van der Waals surface area contributed by atoms with E-state index in [2.05, 4.69) is 21.9 Å². The van der Waals surface area contributed by atoms with E-state index in [1.54, 1.807) is 10.8 Å². The van der Waals surface area contributed by atoms with Gasteiger partial charge < -0.3 is 10.8 Å². The summed E-state index contributed by atoms with van der Waals surface area (Å²) in [5.74, 6) is 0.0477. The number of aliphatic hydroxyl groups is 1. The molecule has 1 aliphatic rings. The lowest BCUT2D eigenvalue weighted by Gasteiger charge is -2.00. The van der Waals surface area contributed by atoms with Crippen molar-refractivity contribution in [3.8, 4) is 0 Å². The number of hydrogen-bond acceptors (Lipinski definition) is 5. The summed E-state index contributed by atoms with van der Waals surface area (Å²) in [6.07, 6.45) is 4.00. The lowest BCUT2D eigenvalue weighted by Crippen LogP contribution is -2.11. The lowest BCUT2D eigenvalue weighted by molar-refractivity contribution is 0.247. The monoisotopic (exact) mass is 246 g/mol. The third-order valence-corrected chi connectivity index (χ3v) is 3.13. The van der Waals surface area contributed by atoms with Crippen LogP contribution in [0.25, 0.3) is 17.4 Å². The van der Waals surface area contributed by atoms with Gasteiger partial charge >= 0.3 is 0 Å². The van der Waals surface area contributed by atoms with Gasteiger partial charge in [0.1, 0.15) is 6.33 Å². The molecule has 4 N–H and O–H groups in total. The molecule has 0 amide bonds. The fourth-order valence-electron chi connectivity index (χ4n) is 1.87. The van der Waals surface area contributed by atoms with Gasteiger partial charge in [0, 0.05) is 11.6 Å². The topological polar surface area (TPSA) is 110 Å². The van der Waals surface area contributed by atoms with Crippen LogP contribution in [0.5, 0.6) is 0 Å². The molecule has 0 saturated heterocycles. The second-order valence-corrected chi connectivity index (χ2v) is 4.54. The number of nitrogens with zero attached hydrogens (tertiary/aromatic N) is 3. The van der Waals surface area contributed by atoms with Gasteiger partial charge in [-0.1, -0.05) is 0 Å². The summed E-state index contributed by atoms with van der Waals surface area (Å²) >= 11 is 0. The lowest BCUT2D eigenvalue weighted by atomic mass is 10.1. The quantitative estimate of drug-likeness (QED) is 0.677. The Hall–Kier alpha value is -2.15. The number of aliphatic hydroxyl groups excluding tert-OH is 1. The van der Waals surface area contributed by atoms with Gasteiger partial charge in [0.05, 0.1) is 6.61 Å². The smallest absolute Gasteiger partial charge is 0.280 e. The fourth-order valence-corrected chi connectivity index (χ4v) is 1.87. The number of aromatic amines is 1. The summed E-state index contributed by atoms with van der Waals surface area (Å²) in [4.78, 5) is 22.0. The number of fused-ring (bicyclic) bond motifs is 1. The summed E-state index contributed by atoms with van der Waals surface area (Å²) < 4.78 is 1.62. The maximum atomic E-state index is 11.6. The van der Waals surface area contributed by atoms with Crippen LogP contribution in [-0.4, -0.2) is 31.2 Å². The van der Waals surface area contributed by atoms with E-state index < -0.39 is 5.41 Å². The Kier molecular flexibility index (Phi) is 2.09. The zero-order chi connectivity index (χ0) is 12.9. The Morgan fingerprint density at radius 2 is 2.50 bits per heavy atom. The van der Waals surface area contributed by atoms with Crippen molar-refractivity contribution in [3.63, 3.8) is 0 Å². The van der Waals surface area contributed by atoms with E-state index in [9.17, 15) is 4.79 Å². The highest BCUT2D eigenvalue weighted by molar-refractivity contribution is 5.73. The number of anilines is 1. The van der Waals surface area contributed by atoms with E-state index in [0.29, 0.717) is 5.65 Å². The average Bonchev–Trinajstić information content (AvgIpc) is 2.78. The van der Waals surface area contributed by atoms with E-state index in [1.807, 2.05) is 0 Å². The molecule has 1 unspecified atom stereocenters. The number of H-pyrrole nitrogens is 1. The van der Waals surface area contributed by atoms with Crippen molar-refractivity contribution in [1.82, 2.24) is 19.5 Å². The molecule has 1 radical (unpaired) electrons. The molecule has 1 aliphatic carbocycles. The third kappa shape index (κ3) is 1.52. The molecule has 3 rings (SSSR count). The van der Waals surface area contributed by atoms with Crippen LogP contribution in [0, 0.1) is 12.3 Å². The minimum absolute atomic E-state index is 0.00160. The maximum absolute atomic E-state index is 11.6. The zero-order valence-electron chi connectivity index (χ0n) is 9.55. The van der Waals surface area contributed by atoms with Crippen LogP contribution in [-0.2, 0) is 0 Å². The zero-order valence-corrected chi connectivity index (χ0v) is 9.55. The highest BCUT2D eigenvalue weighted by atomic mass is 16.3. The van der Waals surface area contributed by atoms with Gasteiger partial charge in [0.2, 0.25) is 5.95 Å². The van der Waals surface area contributed by atoms with E-state index in [0.717, 1.165) is 12.0 Å². The Balaban J connectivity index is 2.13. The first-order valence-electron chi connectivity index (χ1n) is 5.43. The number of nitrogen functional groups attached to an aromatic ring is 1. The summed E-state index contributed by atoms with van der Waals surface area (Å²) in [5, 5.41) is 9.15. The standard InChI is InChI=1S/C11H12N5O2/c1-11(4-17)2-6(11)3-16-5-13-7-8(16)14-10(12)15-9(7)18/h3,5,17H,1-2,4H2,(H3,12,14,15,18)/b6-3-. The van der Waals surface area contributed by atoms with Crippen molar-refractivity contribution in [3.05, 3.63) is 29.2 Å². The van der Waals surface area contributed by atoms with Crippen molar-refractivity contribution < 1.29 is 5.11 Å². The summed E-state index contributed by atoms with van der Waals surface area (Å²) in [6.45, 7) is 3.91. The van der Waals surface area contributed by atoms with E-state index in [4.69, 9.17) is 10.8 Å². The number of aromatic nitrogens is 4. The molecule has 18 heavy (non-hydrogen) atoms. The van der Waals surface area contributed by atoms with E-state index in [1.165, 1.54) is 6.33 Å². The molecule has 1 saturated carbocycles. The highest BCUT2D eigenvalue weighted by Crippen LogP contribution is 2.51. The van der Waals surface area contributed by atoms with Crippen molar-refractivity contribution in [2.24, 2.45) is 5.41 Å². The van der Waals surface area contributed by atoms with Crippen LogP contribution < -0.4 is 11.3 Å². The molecule has 2 heterocycles. The molecule has 0 aliphatic heterocycles. The molecule has 1 fully saturated rings. The predicted molar refractivity (Wildman–Crippen MR) is 66.3 cm³/mol. The van der Waals surface area contributed by atoms with Crippen molar-refractivity contribution in [2.75, 3.05) is 12.3 Å². The molecule has 2 aromatic rings. The number of imidazole rings is 1. The number of rotatable bonds is 2. The molecule has 0 aromatic carbocycles. The van der Waals surface area contributed by atoms with Crippen LogP contribution >= 0.6 is 0 Å². The normalized spacial score (nSPS) is 24.9. The molecular weight excluding hydrogens is 234 g/mol. The molecule has 7 nitrogen and oxygen atoms in total. The van der Waals surface area contributed by atoms with Crippen LogP contribution in [0.4, 0.5) is 5.95 Å². The van der Waals surface area contributed by atoms with Crippen molar-refractivity contribution in [2.45, 2.75) is 6.42 Å². The highest BCUT2D eigenvalue weighted by Gasteiger charge is 2.43. The van der Waals surface area contributed by atoms with E-state index in [-0.39, 0.29) is 23.6 Å². The van der Waals surface area contributed by atoms with Gasteiger partial charge in [-0.15, -0.1) is 0 Å². The first-order chi connectivity index (χ1) is 8.53. The molecular formula is C11H12N5O2. The summed E-state index contributed by atoms with van der Waals surface area (Å²) in [7, 11) is 0. The Morgan fingerprint density at radius 1 is 1.72 bits per heavy atom. The molecule has 0 spiro atoms. The summed E-state index contributed by atoms with van der Waals surface area (Å²) in [6, 6.07) is 0. The van der Waals surface area contributed by atoms with Crippen LogP contribution in [0.2, 0.25) is 0 Å².